The summed E-state index contributed by atoms with van der Waals surface area (Å²) in [5, 5.41) is 3.36. The fourth-order valence-corrected chi connectivity index (χ4v) is 1.32. The van der Waals surface area contributed by atoms with Crippen molar-refractivity contribution in [3.8, 4) is 0 Å². The van der Waals surface area contributed by atoms with Crippen molar-refractivity contribution in [3.05, 3.63) is 34.3 Å². The van der Waals surface area contributed by atoms with Gasteiger partial charge in [0.25, 0.3) is 5.91 Å². The summed E-state index contributed by atoms with van der Waals surface area (Å²) in [4.78, 5) is 11.7. The van der Waals surface area contributed by atoms with E-state index >= 15 is 0 Å². The largest absolute Gasteiger partial charge is 0.350 e. The maximum atomic E-state index is 11.7. The summed E-state index contributed by atoms with van der Waals surface area (Å²) < 4.78 is 0. The summed E-state index contributed by atoms with van der Waals surface area (Å²) >= 11 is 5.94. The van der Waals surface area contributed by atoms with E-state index in [4.69, 9.17) is 17.3 Å². The molecule has 16 heavy (non-hydrogen) atoms. The lowest BCUT2D eigenvalue weighted by Gasteiger charge is -2.18. The van der Waals surface area contributed by atoms with Crippen LogP contribution in [-0.4, -0.2) is 18.0 Å². The van der Waals surface area contributed by atoms with Crippen LogP contribution in [0.3, 0.4) is 0 Å². The van der Waals surface area contributed by atoms with Crippen molar-refractivity contribution < 1.29 is 4.79 Å². The Hall–Kier alpha value is -1.06. The Morgan fingerprint density at radius 1 is 1.50 bits per heavy atom. The summed E-state index contributed by atoms with van der Waals surface area (Å²) in [6.07, 6.45) is 0. The van der Waals surface area contributed by atoms with Crippen LogP contribution in [0.15, 0.2) is 18.2 Å². The number of halogens is 1. The van der Waals surface area contributed by atoms with Gasteiger partial charge in [-0.05, 0) is 38.5 Å². The number of carbonyl (C=O) groups is 1. The summed E-state index contributed by atoms with van der Waals surface area (Å²) in [6.45, 7) is 6.04. The molecule has 0 saturated heterocycles. The van der Waals surface area contributed by atoms with Gasteiger partial charge in [0.2, 0.25) is 0 Å². The Kier molecular flexibility index (Phi) is 3.94. The predicted molar refractivity (Wildman–Crippen MR) is 66.8 cm³/mol. The van der Waals surface area contributed by atoms with Gasteiger partial charge in [-0.1, -0.05) is 17.7 Å². The van der Waals surface area contributed by atoms with Crippen LogP contribution in [0.1, 0.15) is 29.8 Å². The second kappa shape index (κ2) is 4.85. The Labute approximate surface area is 101 Å². The van der Waals surface area contributed by atoms with Crippen LogP contribution in [0.25, 0.3) is 0 Å². The molecule has 0 atom stereocenters. The summed E-state index contributed by atoms with van der Waals surface area (Å²) in [5.74, 6) is -0.152. The van der Waals surface area contributed by atoms with Crippen molar-refractivity contribution in [1.82, 2.24) is 5.32 Å². The molecule has 0 radical (unpaired) electrons. The van der Waals surface area contributed by atoms with Crippen molar-refractivity contribution in [1.29, 1.82) is 0 Å². The molecule has 1 rings (SSSR count). The number of hydrogen-bond acceptors (Lipinski definition) is 2. The smallest absolute Gasteiger partial charge is 0.251 e. The molecule has 0 unspecified atom stereocenters. The number of rotatable bonds is 3. The lowest BCUT2D eigenvalue weighted by Crippen LogP contribution is -2.45. The minimum absolute atomic E-state index is 0.152. The van der Waals surface area contributed by atoms with E-state index in [1.54, 1.807) is 12.1 Å². The van der Waals surface area contributed by atoms with Gasteiger partial charge in [0, 0.05) is 22.7 Å². The lowest BCUT2D eigenvalue weighted by atomic mass is 10.1. The van der Waals surface area contributed by atoms with Gasteiger partial charge in [-0.15, -0.1) is 0 Å². The zero-order chi connectivity index (χ0) is 12.3. The van der Waals surface area contributed by atoms with Gasteiger partial charge in [-0.2, -0.15) is 0 Å². The summed E-state index contributed by atoms with van der Waals surface area (Å²) in [7, 11) is 0. The van der Waals surface area contributed by atoms with Gasteiger partial charge in [-0.25, -0.2) is 0 Å². The highest BCUT2D eigenvalue weighted by atomic mass is 35.5. The Morgan fingerprint density at radius 3 is 2.62 bits per heavy atom. The maximum Gasteiger partial charge on any atom is 0.251 e. The van der Waals surface area contributed by atoms with Crippen molar-refractivity contribution in [2.24, 2.45) is 5.73 Å². The number of carbonyl (C=O) groups excluding carboxylic acids is 1. The second-order valence-electron chi connectivity index (χ2n) is 4.64. The normalized spacial score (nSPS) is 11.3. The van der Waals surface area contributed by atoms with Gasteiger partial charge in [0.1, 0.15) is 0 Å². The minimum atomic E-state index is -0.413. The molecule has 3 nitrogen and oxygen atoms in total. The number of nitrogens with one attached hydrogen (secondary N) is 1. The molecule has 0 heterocycles. The Bertz CT molecular complexity index is 396. The molecule has 1 aromatic carbocycles. The molecule has 88 valence electrons. The highest BCUT2D eigenvalue weighted by molar-refractivity contribution is 6.31. The zero-order valence-corrected chi connectivity index (χ0v) is 10.6. The van der Waals surface area contributed by atoms with Crippen molar-refractivity contribution >= 4 is 17.5 Å². The third kappa shape index (κ3) is 3.83. The number of aryl methyl sites for hydroxylation is 1. The molecule has 0 aliphatic heterocycles. The Balaban J connectivity index is 2.70. The SMILES string of the molecule is Cc1ccc(C(=O)NCC(C)(C)N)cc1Cl. The molecule has 0 aromatic heterocycles. The minimum Gasteiger partial charge on any atom is -0.350 e. The number of nitrogens with two attached hydrogens (primary N) is 1. The molecule has 0 fully saturated rings. The van der Waals surface area contributed by atoms with Gasteiger partial charge in [0.05, 0.1) is 0 Å². The molecular formula is C12H17ClN2O. The first kappa shape index (κ1) is 13.0. The molecule has 0 saturated carbocycles. The fraction of sp³-hybridized carbons (Fsp3) is 0.417. The molecule has 0 bridgehead atoms. The molecule has 4 heteroatoms. The summed E-state index contributed by atoms with van der Waals surface area (Å²) in [5.41, 5.74) is 6.87. The summed E-state index contributed by atoms with van der Waals surface area (Å²) in [6, 6.07) is 5.24. The zero-order valence-electron chi connectivity index (χ0n) is 9.80. The third-order valence-corrected chi connectivity index (χ3v) is 2.55. The fourth-order valence-electron chi connectivity index (χ4n) is 1.14. The first-order valence-corrected chi connectivity index (χ1v) is 5.50. The van der Waals surface area contributed by atoms with Crippen molar-refractivity contribution in [3.63, 3.8) is 0 Å². The molecule has 3 N–H and O–H groups in total. The lowest BCUT2D eigenvalue weighted by molar-refractivity contribution is 0.0946. The molecular weight excluding hydrogens is 224 g/mol. The van der Waals surface area contributed by atoms with Crippen LogP contribution < -0.4 is 11.1 Å². The number of hydrogen-bond donors (Lipinski definition) is 2. The van der Waals surface area contributed by atoms with E-state index in [0.29, 0.717) is 17.1 Å². The first-order chi connectivity index (χ1) is 7.29. The van der Waals surface area contributed by atoms with E-state index in [9.17, 15) is 4.79 Å². The molecule has 0 aliphatic rings. The molecule has 1 amide bonds. The first-order valence-electron chi connectivity index (χ1n) is 5.13. The average molecular weight is 241 g/mol. The van der Waals surface area contributed by atoms with Crippen LogP contribution >= 0.6 is 11.6 Å². The van der Waals surface area contributed by atoms with E-state index in [1.165, 1.54) is 0 Å². The van der Waals surface area contributed by atoms with E-state index in [0.717, 1.165) is 5.56 Å². The van der Waals surface area contributed by atoms with Crippen LogP contribution in [0, 0.1) is 6.92 Å². The predicted octanol–water partition coefficient (Wildman–Crippen LogP) is 2.12. The van der Waals surface area contributed by atoms with Crippen molar-refractivity contribution in [2.75, 3.05) is 6.54 Å². The van der Waals surface area contributed by atoms with Crippen molar-refractivity contribution in [2.45, 2.75) is 26.3 Å². The average Bonchev–Trinajstić information content (AvgIpc) is 2.17. The molecule has 0 aliphatic carbocycles. The highest BCUT2D eigenvalue weighted by Crippen LogP contribution is 2.16. The quantitative estimate of drug-likeness (QED) is 0.850. The van der Waals surface area contributed by atoms with Gasteiger partial charge < -0.3 is 11.1 Å². The van der Waals surface area contributed by atoms with E-state index in [-0.39, 0.29) is 5.91 Å². The van der Waals surface area contributed by atoms with Crippen LogP contribution in [0.5, 0.6) is 0 Å². The van der Waals surface area contributed by atoms with Crippen LogP contribution in [0.2, 0.25) is 5.02 Å². The number of amides is 1. The monoisotopic (exact) mass is 240 g/mol. The highest BCUT2D eigenvalue weighted by Gasteiger charge is 2.13. The molecule has 0 spiro atoms. The maximum absolute atomic E-state index is 11.7. The molecule has 1 aromatic rings. The second-order valence-corrected chi connectivity index (χ2v) is 5.04. The van der Waals surface area contributed by atoms with Gasteiger partial charge in [-0.3, -0.25) is 4.79 Å². The Morgan fingerprint density at radius 2 is 2.12 bits per heavy atom. The van der Waals surface area contributed by atoms with E-state index < -0.39 is 5.54 Å². The van der Waals surface area contributed by atoms with Crippen LogP contribution in [-0.2, 0) is 0 Å². The van der Waals surface area contributed by atoms with Gasteiger partial charge >= 0.3 is 0 Å². The topological polar surface area (TPSA) is 55.1 Å². The third-order valence-electron chi connectivity index (χ3n) is 2.14. The van der Waals surface area contributed by atoms with E-state index in [2.05, 4.69) is 5.32 Å². The van der Waals surface area contributed by atoms with Gasteiger partial charge in [0.15, 0.2) is 0 Å². The van der Waals surface area contributed by atoms with Crippen LogP contribution in [0.4, 0.5) is 0 Å². The standard InChI is InChI=1S/C12H17ClN2O/c1-8-4-5-9(6-10(8)13)11(16)15-7-12(2,3)14/h4-6H,7,14H2,1-3H3,(H,15,16). The van der Waals surface area contributed by atoms with E-state index in [1.807, 2.05) is 26.8 Å². The number of benzene rings is 1.